The molecule has 21 heavy (non-hydrogen) atoms. The van der Waals surface area contributed by atoms with Crippen LogP contribution in [0.2, 0.25) is 5.02 Å². The molecular weight excluding hydrogens is 315 g/mol. The number of sulfone groups is 1. The molecule has 0 saturated carbocycles. The van der Waals surface area contributed by atoms with Gasteiger partial charge in [-0.3, -0.25) is 0 Å². The van der Waals surface area contributed by atoms with E-state index in [4.69, 9.17) is 11.6 Å². The monoisotopic (exact) mass is 328 g/mol. The summed E-state index contributed by atoms with van der Waals surface area (Å²) in [7, 11) is -3.33. The van der Waals surface area contributed by atoms with Crippen LogP contribution < -0.4 is 0 Å². The van der Waals surface area contributed by atoms with E-state index >= 15 is 0 Å². The lowest BCUT2D eigenvalue weighted by atomic mass is 10.0. The molecule has 1 N–H and O–H groups in total. The predicted molar refractivity (Wildman–Crippen MR) is 79.6 cm³/mol. The predicted octanol–water partition coefficient (Wildman–Crippen LogP) is 3.16. The molecule has 1 atom stereocenters. The Morgan fingerprint density at radius 3 is 2.57 bits per heavy atom. The Balaban J connectivity index is 2.26. The van der Waals surface area contributed by atoms with Crippen molar-refractivity contribution in [2.45, 2.75) is 17.4 Å². The fourth-order valence-electron chi connectivity index (χ4n) is 1.97. The summed E-state index contributed by atoms with van der Waals surface area (Å²) in [4.78, 5) is 0.143. The van der Waals surface area contributed by atoms with E-state index < -0.39 is 21.8 Å². The van der Waals surface area contributed by atoms with Crippen LogP contribution in [0.4, 0.5) is 4.39 Å². The fourth-order valence-corrected chi connectivity index (χ4v) is 2.89. The van der Waals surface area contributed by atoms with Crippen LogP contribution in [0.25, 0.3) is 0 Å². The maximum Gasteiger partial charge on any atom is 0.175 e. The molecule has 0 aliphatic rings. The zero-order valence-corrected chi connectivity index (χ0v) is 12.8. The third-order valence-corrected chi connectivity index (χ3v) is 4.56. The standard InChI is InChI=1S/C15H14ClFO3S/c1-21(19,20)13-4-2-3-11(7-13)15(18)8-10-5-6-12(17)9-14(10)16/h2-7,9,15,18H,8H2,1H3. The largest absolute Gasteiger partial charge is 0.388 e. The number of rotatable bonds is 4. The second-order valence-corrected chi connectivity index (χ2v) is 7.22. The van der Waals surface area contributed by atoms with Crippen LogP contribution in [0.15, 0.2) is 47.4 Å². The molecule has 2 aromatic rings. The topological polar surface area (TPSA) is 54.4 Å². The number of aliphatic hydroxyl groups is 1. The van der Waals surface area contributed by atoms with Gasteiger partial charge in [0.05, 0.1) is 11.0 Å². The molecule has 0 aliphatic heterocycles. The number of benzene rings is 2. The van der Waals surface area contributed by atoms with Gasteiger partial charge in [0.25, 0.3) is 0 Å². The van der Waals surface area contributed by atoms with Gasteiger partial charge in [-0.1, -0.05) is 29.8 Å². The summed E-state index contributed by atoms with van der Waals surface area (Å²) in [5.41, 5.74) is 1.06. The normalized spacial score (nSPS) is 13.1. The van der Waals surface area contributed by atoms with Gasteiger partial charge in [0.2, 0.25) is 0 Å². The van der Waals surface area contributed by atoms with Gasteiger partial charge in [0.15, 0.2) is 9.84 Å². The van der Waals surface area contributed by atoms with Crippen molar-refractivity contribution in [3.05, 3.63) is 64.4 Å². The first-order chi connectivity index (χ1) is 9.77. The van der Waals surface area contributed by atoms with E-state index in [1.807, 2.05) is 0 Å². The molecule has 0 heterocycles. The molecule has 3 nitrogen and oxygen atoms in total. The van der Waals surface area contributed by atoms with Gasteiger partial charge in [0.1, 0.15) is 5.82 Å². The van der Waals surface area contributed by atoms with Crippen molar-refractivity contribution in [2.24, 2.45) is 0 Å². The average Bonchev–Trinajstić information content (AvgIpc) is 2.41. The number of aliphatic hydroxyl groups excluding tert-OH is 1. The van der Waals surface area contributed by atoms with Gasteiger partial charge in [-0.25, -0.2) is 12.8 Å². The third kappa shape index (κ3) is 4.03. The van der Waals surface area contributed by atoms with Crippen LogP contribution in [-0.4, -0.2) is 19.8 Å². The van der Waals surface area contributed by atoms with Gasteiger partial charge >= 0.3 is 0 Å². The molecule has 0 spiro atoms. The summed E-state index contributed by atoms with van der Waals surface area (Å²) in [5, 5.41) is 10.4. The quantitative estimate of drug-likeness (QED) is 0.938. The summed E-state index contributed by atoms with van der Waals surface area (Å²) in [6, 6.07) is 10.0. The van der Waals surface area contributed by atoms with Crippen molar-refractivity contribution in [3.8, 4) is 0 Å². The van der Waals surface area contributed by atoms with E-state index in [1.165, 1.54) is 30.3 Å². The minimum Gasteiger partial charge on any atom is -0.388 e. The molecule has 2 rings (SSSR count). The molecule has 0 radical (unpaired) electrons. The Bertz CT molecular complexity index is 759. The van der Waals surface area contributed by atoms with Crippen molar-refractivity contribution in [3.63, 3.8) is 0 Å². The second kappa shape index (κ2) is 6.13. The summed E-state index contributed by atoms with van der Waals surface area (Å²) in [5.74, 6) is -0.447. The molecule has 1 unspecified atom stereocenters. The summed E-state index contributed by atoms with van der Waals surface area (Å²) >= 11 is 5.92. The molecule has 0 saturated heterocycles. The van der Waals surface area contributed by atoms with Crippen LogP contribution in [0.3, 0.4) is 0 Å². The Morgan fingerprint density at radius 1 is 1.24 bits per heavy atom. The molecule has 0 bridgehead atoms. The first-order valence-electron chi connectivity index (χ1n) is 6.19. The van der Waals surface area contributed by atoms with Gasteiger partial charge in [-0.05, 0) is 35.4 Å². The highest BCUT2D eigenvalue weighted by Gasteiger charge is 2.14. The van der Waals surface area contributed by atoms with Crippen LogP contribution in [-0.2, 0) is 16.3 Å². The van der Waals surface area contributed by atoms with E-state index in [0.717, 1.165) is 6.26 Å². The minimum atomic E-state index is -3.33. The van der Waals surface area contributed by atoms with Crippen molar-refractivity contribution >= 4 is 21.4 Å². The van der Waals surface area contributed by atoms with E-state index in [9.17, 15) is 17.9 Å². The molecule has 6 heteroatoms. The number of hydrogen-bond acceptors (Lipinski definition) is 3. The van der Waals surface area contributed by atoms with Crippen molar-refractivity contribution in [1.82, 2.24) is 0 Å². The number of hydrogen-bond donors (Lipinski definition) is 1. The highest BCUT2D eigenvalue weighted by atomic mass is 35.5. The lowest BCUT2D eigenvalue weighted by Crippen LogP contribution is -2.05. The van der Waals surface area contributed by atoms with E-state index in [-0.39, 0.29) is 16.3 Å². The zero-order valence-electron chi connectivity index (χ0n) is 11.3. The molecule has 0 fully saturated rings. The van der Waals surface area contributed by atoms with Crippen molar-refractivity contribution < 1.29 is 17.9 Å². The average molecular weight is 329 g/mol. The Kier molecular flexibility index (Phi) is 4.66. The van der Waals surface area contributed by atoms with Gasteiger partial charge in [-0.15, -0.1) is 0 Å². The van der Waals surface area contributed by atoms with Crippen LogP contribution in [0.1, 0.15) is 17.2 Å². The second-order valence-electron chi connectivity index (χ2n) is 4.80. The Hall–Kier alpha value is -1.43. The molecule has 2 aromatic carbocycles. The maximum absolute atomic E-state index is 13.0. The van der Waals surface area contributed by atoms with Crippen molar-refractivity contribution in [1.29, 1.82) is 0 Å². The van der Waals surface area contributed by atoms with E-state index in [1.54, 1.807) is 12.1 Å². The molecule has 0 aromatic heterocycles. The minimum absolute atomic E-state index is 0.143. The highest BCUT2D eigenvalue weighted by molar-refractivity contribution is 7.90. The van der Waals surface area contributed by atoms with Gasteiger partial charge < -0.3 is 5.11 Å². The Labute approximate surface area is 127 Å². The number of halogens is 2. The van der Waals surface area contributed by atoms with Crippen LogP contribution in [0, 0.1) is 5.82 Å². The highest BCUT2D eigenvalue weighted by Crippen LogP contribution is 2.25. The summed E-state index contributed by atoms with van der Waals surface area (Å²) in [6.07, 6.45) is 0.358. The van der Waals surface area contributed by atoms with Gasteiger partial charge in [-0.2, -0.15) is 0 Å². The van der Waals surface area contributed by atoms with E-state index in [2.05, 4.69) is 0 Å². The van der Waals surface area contributed by atoms with E-state index in [0.29, 0.717) is 11.1 Å². The van der Waals surface area contributed by atoms with Gasteiger partial charge in [0, 0.05) is 17.7 Å². The molecular formula is C15H14ClFO3S. The molecule has 0 aliphatic carbocycles. The Morgan fingerprint density at radius 2 is 1.95 bits per heavy atom. The fraction of sp³-hybridized carbons (Fsp3) is 0.200. The van der Waals surface area contributed by atoms with Crippen LogP contribution in [0.5, 0.6) is 0 Å². The third-order valence-electron chi connectivity index (χ3n) is 3.10. The first-order valence-corrected chi connectivity index (χ1v) is 8.46. The van der Waals surface area contributed by atoms with Crippen LogP contribution >= 0.6 is 11.6 Å². The lowest BCUT2D eigenvalue weighted by Gasteiger charge is -2.13. The SMILES string of the molecule is CS(=O)(=O)c1cccc(C(O)Cc2ccc(F)cc2Cl)c1. The summed E-state index contributed by atoms with van der Waals surface area (Å²) < 4.78 is 36.0. The lowest BCUT2D eigenvalue weighted by molar-refractivity contribution is 0.178. The molecule has 0 amide bonds. The summed E-state index contributed by atoms with van der Waals surface area (Å²) in [6.45, 7) is 0. The first kappa shape index (κ1) is 15.9. The van der Waals surface area contributed by atoms with Crippen molar-refractivity contribution in [2.75, 3.05) is 6.26 Å². The maximum atomic E-state index is 13.0. The zero-order chi connectivity index (χ0) is 15.6. The smallest absolute Gasteiger partial charge is 0.175 e. The molecule has 112 valence electrons.